The van der Waals surface area contributed by atoms with E-state index in [0.717, 1.165) is 33.5 Å². The predicted octanol–water partition coefficient (Wildman–Crippen LogP) is 12.2. The highest BCUT2D eigenvalue weighted by molar-refractivity contribution is 5.84. The third kappa shape index (κ3) is 5.05. The van der Waals surface area contributed by atoms with Crippen molar-refractivity contribution in [1.29, 1.82) is 0 Å². The van der Waals surface area contributed by atoms with Crippen LogP contribution in [0.2, 0.25) is 0 Å². The Bertz CT molecular complexity index is 2580. The molecule has 2 aromatic heterocycles. The molecule has 6 aromatic carbocycles. The summed E-state index contributed by atoms with van der Waals surface area (Å²) in [4.78, 5) is 19.9. The summed E-state index contributed by atoms with van der Waals surface area (Å²) in [6, 6.07) is 53.7. The Morgan fingerprint density at radius 2 is 0.759 bits per heavy atom. The molecule has 2 aliphatic carbocycles. The van der Waals surface area contributed by atoms with Crippen LogP contribution in [0, 0.1) is 0 Å². The van der Waals surface area contributed by atoms with Crippen molar-refractivity contribution in [1.82, 2.24) is 19.9 Å². The molecule has 0 unspecified atom stereocenters. The van der Waals surface area contributed by atoms with Crippen molar-refractivity contribution in [2.24, 2.45) is 0 Å². The van der Waals surface area contributed by atoms with Gasteiger partial charge in [-0.2, -0.15) is 0 Å². The third-order valence-electron chi connectivity index (χ3n) is 11.6. The first-order valence-corrected chi connectivity index (χ1v) is 18.6. The number of benzene rings is 6. The number of fused-ring (bicyclic) bond motifs is 6. The summed E-state index contributed by atoms with van der Waals surface area (Å²) in [7, 11) is 0. The van der Waals surface area contributed by atoms with Crippen LogP contribution in [0.5, 0.6) is 0 Å². The Balaban J connectivity index is 0.985. The summed E-state index contributed by atoms with van der Waals surface area (Å²) in [5, 5.41) is 0. The van der Waals surface area contributed by atoms with E-state index < -0.39 is 0 Å². The van der Waals surface area contributed by atoms with Crippen LogP contribution < -0.4 is 0 Å². The second-order valence-electron chi connectivity index (χ2n) is 15.5. The number of nitrogens with zero attached hydrogens (tertiary/aromatic N) is 4. The molecule has 0 aliphatic heterocycles. The molecule has 0 bridgehead atoms. The molecule has 2 aliphatic rings. The zero-order chi connectivity index (χ0) is 36.6. The first kappa shape index (κ1) is 32.2. The van der Waals surface area contributed by atoms with E-state index in [-0.39, 0.29) is 10.8 Å². The van der Waals surface area contributed by atoms with Gasteiger partial charge in [-0.05, 0) is 62.2 Å². The van der Waals surface area contributed by atoms with Crippen LogP contribution in [0.3, 0.4) is 0 Å². The normalized spacial score (nSPS) is 14.2. The molecule has 54 heavy (non-hydrogen) atoms. The molecule has 10 rings (SSSR count). The van der Waals surface area contributed by atoms with Gasteiger partial charge in [0.15, 0.2) is 17.5 Å². The highest BCUT2D eigenvalue weighted by atomic mass is 15.0. The fourth-order valence-electron chi connectivity index (χ4n) is 8.59. The van der Waals surface area contributed by atoms with Gasteiger partial charge in [-0.15, -0.1) is 0 Å². The summed E-state index contributed by atoms with van der Waals surface area (Å²) < 4.78 is 0. The molecule has 4 nitrogen and oxygen atoms in total. The van der Waals surface area contributed by atoms with E-state index in [2.05, 4.69) is 149 Å². The van der Waals surface area contributed by atoms with Gasteiger partial charge in [0.1, 0.15) is 0 Å². The van der Waals surface area contributed by atoms with E-state index in [9.17, 15) is 0 Å². The largest absolute Gasteiger partial charge is 0.256 e. The van der Waals surface area contributed by atoms with Crippen molar-refractivity contribution in [3.05, 3.63) is 180 Å². The molecular weight excluding hydrogens is 657 g/mol. The van der Waals surface area contributed by atoms with Gasteiger partial charge in [-0.25, -0.2) is 15.0 Å². The van der Waals surface area contributed by atoms with Crippen molar-refractivity contribution < 1.29 is 0 Å². The molecule has 0 fully saturated rings. The summed E-state index contributed by atoms with van der Waals surface area (Å²) in [6.07, 6.45) is 2.03. The minimum Gasteiger partial charge on any atom is -0.256 e. The monoisotopic (exact) mass is 694 g/mol. The highest BCUT2D eigenvalue weighted by Gasteiger charge is 2.36. The van der Waals surface area contributed by atoms with Gasteiger partial charge in [0.25, 0.3) is 0 Å². The van der Waals surface area contributed by atoms with Crippen molar-refractivity contribution >= 4 is 0 Å². The lowest BCUT2D eigenvalue weighted by Gasteiger charge is -2.22. The molecule has 258 valence electrons. The maximum atomic E-state index is 5.04. The van der Waals surface area contributed by atoms with Crippen LogP contribution in [0.15, 0.2) is 158 Å². The number of aromatic nitrogens is 4. The van der Waals surface area contributed by atoms with Gasteiger partial charge in [0.2, 0.25) is 0 Å². The molecule has 0 spiro atoms. The quantitative estimate of drug-likeness (QED) is 0.180. The van der Waals surface area contributed by atoms with Gasteiger partial charge >= 0.3 is 0 Å². The minimum atomic E-state index is -0.0818. The zero-order valence-corrected chi connectivity index (χ0v) is 30.8. The average molecular weight is 695 g/mol. The second kappa shape index (κ2) is 12.0. The maximum Gasteiger partial charge on any atom is 0.164 e. The number of hydrogen-bond donors (Lipinski definition) is 0. The van der Waals surface area contributed by atoms with Gasteiger partial charge in [0, 0.05) is 44.8 Å². The Labute approximate surface area is 316 Å². The lowest BCUT2D eigenvalue weighted by atomic mass is 9.81. The van der Waals surface area contributed by atoms with Crippen molar-refractivity contribution in [3.8, 4) is 78.8 Å². The molecule has 0 saturated heterocycles. The van der Waals surface area contributed by atoms with Crippen molar-refractivity contribution in [2.75, 3.05) is 0 Å². The van der Waals surface area contributed by atoms with Crippen LogP contribution in [-0.4, -0.2) is 19.9 Å². The average Bonchev–Trinajstić information content (AvgIpc) is 3.60. The zero-order valence-electron chi connectivity index (χ0n) is 30.8. The Hall–Kier alpha value is -6.52. The van der Waals surface area contributed by atoms with Gasteiger partial charge in [0.05, 0.1) is 5.69 Å². The summed E-state index contributed by atoms with van der Waals surface area (Å²) in [5.74, 6) is 1.92. The first-order chi connectivity index (χ1) is 26.3. The van der Waals surface area contributed by atoms with E-state index in [1.165, 1.54) is 50.1 Å². The number of rotatable bonds is 5. The minimum absolute atomic E-state index is 0.0453. The highest BCUT2D eigenvalue weighted by Crippen LogP contribution is 2.50. The fourth-order valence-corrected chi connectivity index (χ4v) is 8.59. The van der Waals surface area contributed by atoms with E-state index >= 15 is 0 Å². The Morgan fingerprint density at radius 3 is 1.35 bits per heavy atom. The van der Waals surface area contributed by atoms with Crippen LogP contribution in [0.1, 0.15) is 49.9 Å². The SMILES string of the molecule is CC1(C)c2ccccc2-c2ccc(-c3ccc(-c4nc(-c5ccccc5)nc(-c5ccc(-c6cc7c(cn6)-c6ccccc6C7(C)C)cc5)n4)cc3)cc21. The van der Waals surface area contributed by atoms with E-state index in [1.54, 1.807) is 0 Å². The third-order valence-corrected chi connectivity index (χ3v) is 11.6. The van der Waals surface area contributed by atoms with Crippen molar-refractivity contribution in [2.45, 2.75) is 38.5 Å². The lowest BCUT2D eigenvalue weighted by Crippen LogP contribution is -2.15. The fraction of sp³-hybridized carbons (Fsp3) is 0.120. The van der Waals surface area contributed by atoms with Gasteiger partial charge in [-0.1, -0.05) is 167 Å². The molecule has 0 atom stereocenters. The van der Waals surface area contributed by atoms with Crippen LogP contribution >= 0.6 is 0 Å². The summed E-state index contributed by atoms with van der Waals surface area (Å²) in [6.45, 7) is 9.25. The van der Waals surface area contributed by atoms with E-state index in [0.29, 0.717) is 17.5 Å². The molecule has 8 aromatic rings. The van der Waals surface area contributed by atoms with Crippen LogP contribution in [0.4, 0.5) is 0 Å². The maximum absolute atomic E-state index is 5.04. The molecule has 0 amide bonds. The first-order valence-electron chi connectivity index (χ1n) is 18.6. The number of hydrogen-bond acceptors (Lipinski definition) is 4. The van der Waals surface area contributed by atoms with E-state index in [1.807, 2.05) is 36.5 Å². The second-order valence-corrected chi connectivity index (χ2v) is 15.5. The molecule has 0 saturated carbocycles. The molecule has 0 radical (unpaired) electrons. The smallest absolute Gasteiger partial charge is 0.164 e. The van der Waals surface area contributed by atoms with Crippen LogP contribution in [-0.2, 0) is 10.8 Å². The Morgan fingerprint density at radius 1 is 0.333 bits per heavy atom. The number of pyridine rings is 1. The summed E-state index contributed by atoms with van der Waals surface area (Å²) >= 11 is 0. The molecule has 4 heteroatoms. The molecule has 0 N–H and O–H groups in total. The molecule has 2 heterocycles. The topological polar surface area (TPSA) is 51.6 Å². The predicted molar refractivity (Wildman–Crippen MR) is 220 cm³/mol. The van der Waals surface area contributed by atoms with Crippen molar-refractivity contribution in [3.63, 3.8) is 0 Å². The van der Waals surface area contributed by atoms with Gasteiger partial charge in [-0.3, -0.25) is 4.98 Å². The van der Waals surface area contributed by atoms with Gasteiger partial charge < -0.3 is 0 Å². The lowest BCUT2D eigenvalue weighted by molar-refractivity contribution is 0.660. The molecular formula is C50H38N4. The summed E-state index contributed by atoms with van der Waals surface area (Å²) in [5.41, 5.74) is 17.6. The van der Waals surface area contributed by atoms with Crippen LogP contribution in [0.25, 0.3) is 78.8 Å². The Kier molecular flexibility index (Phi) is 7.15. The van der Waals surface area contributed by atoms with E-state index in [4.69, 9.17) is 19.9 Å². The standard InChI is InChI=1S/C50H38N4/c1-49(2)41-16-10-8-14-37(41)39-27-26-36(28-43(39)49)31-18-22-34(23-19-31)47-52-46(33-12-6-5-7-13-33)53-48(54-47)35-24-20-32(21-25-35)45-29-44-40(30-51-45)38-15-9-11-17-42(38)50(44,3)4/h5-30H,1-4H3.